The van der Waals surface area contributed by atoms with Crippen molar-refractivity contribution >= 4 is 29.3 Å². The summed E-state index contributed by atoms with van der Waals surface area (Å²) in [6, 6.07) is 13.3. The lowest BCUT2D eigenvalue weighted by molar-refractivity contribution is -0.126. The number of hydrogen-bond acceptors (Lipinski definition) is 4. The molecule has 142 valence electrons. The predicted octanol–water partition coefficient (Wildman–Crippen LogP) is 3.72. The minimum absolute atomic E-state index is 0.00336. The largest absolute Gasteiger partial charge is 0.497 e. The number of carbonyl (C=O) groups is 1. The van der Waals surface area contributed by atoms with E-state index < -0.39 is 0 Å². The molecule has 27 heavy (non-hydrogen) atoms. The molecule has 0 aliphatic carbocycles. The summed E-state index contributed by atoms with van der Waals surface area (Å²) in [6.07, 6.45) is 3.38. The van der Waals surface area contributed by atoms with E-state index in [1.54, 1.807) is 32.4 Å². The molecule has 0 atom stereocenters. The van der Waals surface area contributed by atoms with Crippen LogP contribution in [0.2, 0.25) is 5.02 Å². The zero-order valence-electron chi connectivity index (χ0n) is 15.5. The summed E-state index contributed by atoms with van der Waals surface area (Å²) >= 11 is 5.94. The smallest absolute Gasteiger partial charge is 0.246 e. The number of carbonyl (C=O) groups excluding carboxylic acids is 1. The molecule has 0 spiro atoms. The number of ether oxygens (including phenoxy) is 2. The van der Waals surface area contributed by atoms with Crippen molar-refractivity contribution in [3.63, 3.8) is 0 Å². The van der Waals surface area contributed by atoms with Crippen LogP contribution in [-0.2, 0) is 4.79 Å². The van der Waals surface area contributed by atoms with Crippen molar-refractivity contribution in [1.29, 1.82) is 0 Å². The Bertz CT molecular complexity index is 813. The molecule has 0 unspecified atom stereocenters. The van der Waals surface area contributed by atoms with Gasteiger partial charge in [-0.05, 0) is 42.5 Å². The van der Waals surface area contributed by atoms with Crippen molar-refractivity contribution in [3.8, 4) is 11.5 Å². The molecule has 3 rings (SSSR count). The summed E-state index contributed by atoms with van der Waals surface area (Å²) in [5.74, 6) is 1.39. The van der Waals surface area contributed by atoms with Crippen LogP contribution in [0.5, 0.6) is 11.5 Å². The van der Waals surface area contributed by atoms with Crippen LogP contribution in [-0.4, -0.2) is 51.2 Å². The van der Waals surface area contributed by atoms with E-state index in [2.05, 4.69) is 4.90 Å². The fourth-order valence-corrected chi connectivity index (χ4v) is 3.19. The quantitative estimate of drug-likeness (QED) is 0.734. The monoisotopic (exact) mass is 386 g/mol. The molecule has 1 amide bonds. The highest BCUT2D eigenvalue weighted by Gasteiger charge is 2.19. The van der Waals surface area contributed by atoms with Crippen molar-refractivity contribution in [2.45, 2.75) is 0 Å². The molecule has 0 N–H and O–H groups in total. The van der Waals surface area contributed by atoms with Gasteiger partial charge in [-0.15, -0.1) is 0 Å². The van der Waals surface area contributed by atoms with Crippen LogP contribution in [0.4, 0.5) is 5.69 Å². The first-order valence-electron chi connectivity index (χ1n) is 8.80. The molecular weight excluding hydrogens is 364 g/mol. The highest BCUT2D eigenvalue weighted by Crippen LogP contribution is 2.25. The van der Waals surface area contributed by atoms with Gasteiger partial charge in [0.15, 0.2) is 0 Å². The Balaban J connectivity index is 1.59. The summed E-state index contributed by atoms with van der Waals surface area (Å²) in [4.78, 5) is 16.6. The first-order chi connectivity index (χ1) is 13.1. The van der Waals surface area contributed by atoms with Crippen molar-refractivity contribution in [2.24, 2.45) is 0 Å². The second-order valence-electron chi connectivity index (χ2n) is 6.23. The maximum absolute atomic E-state index is 12.5. The van der Waals surface area contributed by atoms with Gasteiger partial charge in [0.05, 0.1) is 14.2 Å². The molecule has 0 bridgehead atoms. The van der Waals surface area contributed by atoms with Crippen LogP contribution in [0.3, 0.4) is 0 Å². The number of amides is 1. The molecule has 2 aromatic rings. The van der Waals surface area contributed by atoms with Gasteiger partial charge in [-0.3, -0.25) is 4.79 Å². The van der Waals surface area contributed by atoms with E-state index in [1.165, 1.54) is 0 Å². The molecule has 0 radical (unpaired) electrons. The highest BCUT2D eigenvalue weighted by molar-refractivity contribution is 6.30. The Morgan fingerprint density at radius 1 is 1.00 bits per heavy atom. The third kappa shape index (κ3) is 4.74. The Kier molecular flexibility index (Phi) is 6.24. The molecule has 1 heterocycles. The number of rotatable bonds is 5. The second kappa shape index (κ2) is 8.82. The molecule has 1 aliphatic rings. The van der Waals surface area contributed by atoms with Gasteiger partial charge in [-0.2, -0.15) is 0 Å². The van der Waals surface area contributed by atoms with Crippen molar-refractivity contribution < 1.29 is 14.3 Å². The zero-order chi connectivity index (χ0) is 19.2. The summed E-state index contributed by atoms with van der Waals surface area (Å²) < 4.78 is 10.6. The lowest BCUT2D eigenvalue weighted by Crippen LogP contribution is -2.48. The molecule has 1 aliphatic heterocycles. The topological polar surface area (TPSA) is 42.0 Å². The number of benzene rings is 2. The Morgan fingerprint density at radius 2 is 1.70 bits per heavy atom. The lowest BCUT2D eigenvalue weighted by Gasteiger charge is -2.35. The average Bonchev–Trinajstić information content (AvgIpc) is 2.72. The fraction of sp³-hybridized carbons (Fsp3) is 0.286. The highest BCUT2D eigenvalue weighted by atomic mass is 35.5. The van der Waals surface area contributed by atoms with Crippen LogP contribution in [0, 0.1) is 0 Å². The van der Waals surface area contributed by atoms with Gasteiger partial charge in [0.1, 0.15) is 11.5 Å². The standard InChI is InChI=1S/C21H23ClN2O3/c1-26-19-9-3-16(20(15-19)27-2)4-10-21(25)24-13-11-23(12-14-24)18-7-5-17(22)6-8-18/h3-10,15H,11-14H2,1-2H3/b10-4+. The van der Waals surface area contributed by atoms with Crippen LogP contribution in [0.15, 0.2) is 48.5 Å². The number of nitrogens with zero attached hydrogens (tertiary/aromatic N) is 2. The van der Waals surface area contributed by atoms with E-state index in [1.807, 2.05) is 41.3 Å². The van der Waals surface area contributed by atoms with Crippen molar-refractivity contribution in [3.05, 3.63) is 59.1 Å². The summed E-state index contributed by atoms with van der Waals surface area (Å²) in [6.45, 7) is 2.97. The van der Waals surface area contributed by atoms with E-state index in [4.69, 9.17) is 21.1 Å². The zero-order valence-corrected chi connectivity index (χ0v) is 16.3. The molecule has 1 fully saturated rings. The van der Waals surface area contributed by atoms with Gasteiger partial charge in [0, 0.05) is 54.6 Å². The van der Waals surface area contributed by atoms with E-state index in [0.29, 0.717) is 24.6 Å². The maximum Gasteiger partial charge on any atom is 0.246 e. The molecule has 0 aromatic heterocycles. The predicted molar refractivity (Wildman–Crippen MR) is 109 cm³/mol. The minimum Gasteiger partial charge on any atom is -0.497 e. The van der Waals surface area contributed by atoms with E-state index in [9.17, 15) is 4.79 Å². The maximum atomic E-state index is 12.5. The number of piperazine rings is 1. The van der Waals surface area contributed by atoms with Gasteiger partial charge in [-0.25, -0.2) is 0 Å². The van der Waals surface area contributed by atoms with Crippen LogP contribution < -0.4 is 14.4 Å². The van der Waals surface area contributed by atoms with Gasteiger partial charge in [0.2, 0.25) is 5.91 Å². The summed E-state index contributed by atoms with van der Waals surface area (Å²) in [7, 11) is 3.21. The van der Waals surface area contributed by atoms with Gasteiger partial charge in [-0.1, -0.05) is 11.6 Å². The molecule has 1 saturated heterocycles. The first kappa shape index (κ1) is 19.1. The SMILES string of the molecule is COc1ccc(/C=C/C(=O)N2CCN(c3ccc(Cl)cc3)CC2)c(OC)c1. The Hall–Kier alpha value is -2.66. The van der Waals surface area contributed by atoms with Crippen LogP contribution >= 0.6 is 11.6 Å². The summed E-state index contributed by atoms with van der Waals surface area (Å²) in [5, 5.41) is 0.728. The molecule has 0 saturated carbocycles. The molecule has 6 heteroatoms. The third-order valence-electron chi connectivity index (χ3n) is 4.63. The Labute approximate surface area is 164 Å². The molecule has 5 nitrogen and oxygen atoms in total. The van der Waals surface area contributed by atoms with E-state index >= 15 is 0 Å². The van der Waals surface area contributed by atoms with Crippen molar-refractivity contribution in [1.82, 2.24) is 4.90 Å². The van der Waals surface area contributed by atoms with E-state index in [-0.39, 0.29) is 5.91 Å². The normalized spacial score (nSPS) is 14.5. The number of hydrogen-bond donors (Lipinski definition) is 0. The van der Waals surface area contributed by atoms with Gasteiger partial charge >= 0.3 is 0 Å². The number of anilines is 1. The van der Waals surface area contributed by atoms with Gasteiger partial charge in [0.25, 0.3) is 0 Å². The lowest BCUT2D eigenvalue weighted by atomic mass is 10.1. The van der Waals surface area contributed by atoms with E-state index in [0.717, 1.165) is 29.4 Å². The molecule has 2 aromatic carbocycles. The molecular formula is C21H23ClN2O3. The van der Waals surface area contributed by atoms with Gasteiger partial charge < -0.3 is 19.3 Å². The number of halogens is 1. The van der Waals surface area contributed by atoms with Crippen LogP contribution in [0.25, 0.3) is 6.08 Å². The third-order valence-corrected chi connectivity index (χ3v) is 4.88. The second-order valence-corrected chi connectivity index (χ2v) is 6.67. The summed E-state index contributed by atoms with van der Waals surface area (Å²) in [5.41, 5.74) is 1.97. The average molecular weight is 387 g/mol. The minimum atomic E-state index is 0.00336. The number of methoxy groups -OCH3 is 2. The fourth-order valence-electron chi connectivity index (χ4n) is 3.06. The van der Waals surface area contributed by atoms with Crippen molar-refractivity contribution in [2.75, 3.05) is 45.3 Å². The van der Waals surface area contributed by atoms with Crippen LogP contribution in [0.1, 0.15) is 5.56 Å². The first-order valence-corrected chi connectivity index (χ1v) is 9.18. The Morgan fingerprint density at radius 3 is 2.33 bits per heavy atom.